The predicted molar refractivity (Wildman–Crippen MR) is 83.6 cm³/mol. The normalized spacial score (nSPS) is 14.3. The standard InChI is InChI=1S/C18H16F3NO2/c19-18(20,21)14-5-1-12(2-6-14)11-24-16-9-7-15(8-10-16)22-17(23)13-3-4-13/h1-2,5-10,13H,3-4,11H2,(H,22,23). The predicted octanol–water partition coefficient (Wildman–Crippen LogP) is 4.63. The van der Waals surface area contributed by atoms with Crippen molar-refractivity contribution in [3.63, 3.8) is 0 Å². The molecule has 0 unspecified atom stereocenters. The van der Waals surface area contributed by atoms with Gasteiger partial charge in [0, 0.05) is 11.6 Å². The number of carbonyl (C=O) groups excluding carboxylic acids is 1. The van der Waals surface area contributed by atoms with E-state index in [2.05, 4.69) is 5.32 Å². The van der Waals surface area contributed by atoms with Crippen molar-refractivity contribution in [1.82, 2.24) is 0 Å². The first kappa shape index (κ1) is 16.4. The number of anilines is 1. The number of halogens is 3. The highest BCUT2D eigenvalue weighted by Crippen LogP contribution is 2.31. The van der Waals surface area contributed by atoms with Crippen LogP contribution in [0.5, 0.6) is 5.75 Å². The van der Waals surface area contributed by atoms with Crippen LogP contribution in [0.4, 0.5) is 18.9 Å². The van der Waals surface area contributed by atoms with Crippen molar-refractivity contribution in [1.29, 1.82) is 0 Å². The molecule has 0 aromatic heterocycles. The van der Waals surface area contributed by atoms with Gasteiger partial charge < -0.3 is 10.1 Å². The second kappa shape index (κ2) is 6.55. The summed E-state index contributed by atoms with van der Waals surface area (Å²) >= 11 is 0. The molecule has 2 aromatic rings. The highest BCUT2D eigenvalue weighted by Gasteiger charge is 2.30. The van der Waals surface area contributed by atoms with Gasteiger partial charge in [-0.1, -0.05) is 12.1 Å². The van der Waals surface area contributed by atoms with E-state index in [-0.39, 0.29) is 18.4 Å². The minimum absolute atomic E-state index is 0.0356. The number of alkyl halides is 3. The van der Waals surface area contributed by atoms with E-state index in [4.69, 9.17) is 4.74 Å². The van der Waals surface area contributed by atoms with E-state index in [9.17, 15) is 18.0 Å². The van der Waals surface area contributed by atoms with Crippen LogP contribution in [0.1, 0.15) is 24.0 Å². The summed E-state index contributed by atoms with van der Waals surface area (Å²) in [6, 6.07) is 11.8. The van der Waals surface area contributed by atoms with Gasteiger partial charge in [-0.2, -0.15) is 13.2 Å². The molecule has 1 amide bonds. The van der Waals surface area contributed by atoms with Gasteiger partial charge in [-0.05, 0) is 54.8 Å². The Morgan fingerprint density at radius 2 is 1.67 bits per heavy atom. The average molecular weight is 335 g/mol. The van der Waals surface area contributed by atoms with Gasteiger partial charge in [0.25, 0.3) is 0 Å². The van der Waals surface area contributed by atoms with Crippen molar-refractivity contribution in [3.8, 4) is 5.75 Å². The number of hydrogen-bond acceptors (Lipinski definition) is 2. The van der Waals surface area contributed by atoms with Crippen molar-refractivity contribution in [2.45, 2.75) is 25.6 Å². The van der Waals surface area contributed by atoms with Gasteiger partial charge in [0.15, 0.2) is 0 Å². The number of ether oxygens (including phenoxy) is 1. The van der Waals surface area contributed by atoms with Crippen molar-refractivity contribution >= 4 is 11.6 Å². The summed E-state index contributed by atoms with van der Waals surface area (Å²) in [5.74, 6) is 0.758. The fourth-order valence-electron chi connectivity index (χ4n) is 2.18. The zero-order valence-corrected chi connectivity index (χ0v) is 12.8. The largest absolute Gasteiger partial charge is 0.489 e. The van der Waals surface area contributed by atoms with Gasteiger partial charge in [0.05, 0.1) is 5.56 Å². The number of amides is 1. The SMILES string of the molecule is O=C(Nc1ccc(OCc2ccc(C(F)(F)F)cc2)cc1)C1CC1. The van der Waals surface area contributed by atoms with Crippen molar-refractivity contribution in [2.75, 3.05) is 5.32 Å². The summed E-state index contributed by atoms with van der Waals surface area (Å²) in [5, 5.41) is 2.82. The van der Waals surface area contributed by atoms with E-state index in [0.29, 0.717) is 17.0 Å². The van der Waals surface area contributed by atoms with Gasteiger partial charge >= 0.3 is 6.18 Å². The molecular formula is C18H16F3NO2. The Hall–Kier alpha value is -2.50. The van der Waals surface area contributed by atoms with Crippen LogP contribution in [0.15, 0.2) is 48.5 Å². The third-order valence-corrected chi connectivity index (χ3v) is 3.76. The summed E-state index contributed by atoms with van der Waals surface area (Å²) in [4.78, 5) is 11.6. The van der Waals surface area contributed by atoms with Crippen LogP contribution < -0.4 is 10.1 Å². The molecule has 3 nitrogen and oxygen atoms in total. The van der Waals surface area contributed by atoms with Crippen LogP contribution in [0.25, 0.3) is 0 Å². The molecule has 1 fully saturated rings. The van der Waals surface area contributed by atoms with E-state index >= 15 is 0 Å². The second-order valence-corrected chi connectivity index (χ2v) is 5.77. The zero-order chi connectivity index (χ0) is 17.2. The van der Waals surface area contributed by atoms with Gasteiger partial charge in [-0.3, -0.25) is 4.79 Å². The van der Waals surface area contributed by atoms with Crippen molar-refractivity contribution in [3.05, 3.63) is 59.7 Å². The lowest BCUT2D eigenvalue weighted by molar-refractivity contribution is -0.137. The smallest absolute Gasteiger partial charge is 0.416 e. The average Bonchev–Trinajstić information content (AvgIpc) is 3.39. The molecule has 126 valence electrons. The third-order valence-electron chi connectivity index (χ3n) is 3.76. The molecule has 3 rings (SSSR count). The molecule has 24 heavy (non-hydrogen) atoms. The maximum atomic E-state index is 12.5. The first-order valence-electron chi connectivity index (χ1n) is 7.62. The number of nitrogens with one attached hydrogen (secondary N) is 1. The van der Waals surface area contributed by atoms with E-state index in [1.165, 1.54) is 12.1 Å². The minimum Gasteiger partial charge on any atom is -0.489 e. The quantitative estimate of drug-likeness (QED) is 0.865. The molecule has 2 aromatic carbocycles. The Bertz CT molecular complexity index is 705. The van der Waals surface area contributed by atoms with Gasteiger partial charge in [0.1, 0.15) is 12.4 Å². The fourth-order valence-corrected chi connectivity index (χ4v) is 2.18. The van der Waals surface area contributed by atoms with Crippen LogP contribution in [0, 0.1) is 5.92 Å². The summed E-state index contributed by atoms with van der Waals surface area (Å²) in [5.41, 5.74) is 0.671. The topological polar surface area (TPSA) is 38.3 Å². The zero-order valence-electron chi connectivity index (χ0n) is 12.8. The molecule has 1 aliphatic rings. The van der Waals surface area contributed by atoms with Gasteiger partial charge in [-0.15, -0.1) is 0 Å². The number of hydrogen-bond donors (Lipinski definition) is 1. The molecule has 0 aliphatic heterocycles. The highest BCUT2D eigenvalue weighted by atomic mass is 19.4. The molecule has 0 spiro atoms. The van der Waals surface area contributed by atoms with Gasteiger partial charge in [0.2, 0.25) is 5.91 Å². The summed E-state index contributed by atoms with van der Waals surface area (Å²) in [6.07, 6.45) is -2.44. The lowest BCUT2D eigenvalue weighted by atomic mass is 10.1. The lowest BCUT2D eigenvalue weighted by Gasteiger charge is -2.10. The van der Waals surface area contributed by atoms with Crippen LogP contribution in [0.2, 0.25) is 0 Å². The Labute approximate surface area is 137 Å². The molecule has 1 saturated carbocycles. The van der Waals surface area contributed by atoms with Crippen molar-refractivity contribution in [2.24, 2.45) is 5.92 Å². The maximum absolute atomic E-state index is 12.5. The van der Waals surface area contributed by atoms with E-state index in [1.807, 2.05) is 0 Å². The van der Waals surface area contributed by atoms with Crippen LogP contribution in [0.3, 0.4) is 0 Å². The number of benzene rings is 2. The van der Waals surface area contributed by atoms with Crippen LogP contribution in [-0.2, 0) is 17.6 Å². The molecule has 0 saturated heterocycles. The Morgan fingerprint density at radius 1 is 1.04 bits per heavy atom. The maximum Gasteiger partial charge on any atom is 0.416 e. The van der Waals surface area contributed by atoms with Crippen LogP contribution >= 0.6 is 0 Å². The number of carbonyl (C=O) groups is 1. The molecular weight excluding hydrogens is 319 g/mol. The van der Waals surface area contributed by atoms with E-state index < -0.39 is 11.7 Å². The minimum atomic E-state index is -4.33. The molecule has 0 bridgehead atoms. The van der Waals surface area contributed by atoms with E-state index in [0.717, 1.165) is 25.0 Å². The van der Waals surface area contributed by atoms with E-state index in [1.54, 1.807) is 24.3 Å². The summed E-state index contributed by atoms with van der Waals surface area (Å²) in [6.45, 7) is 0.173. The molecule has 0 heterocycles. The molecule has 0 atom stereocenters. The monoisotopic (exact) mass is 335 g/mol. The number of rotatable bonds is 5. The third kappa shape index (κ3) is 4.28. The molecule has 1 N–H and O–H groups in total. The second-order valence-electron chi connectivity index (χ2n) is 5.77. The first-order chi connectivity index (χ1) is 11.4. The molecule has 6 heteroatoms. The summed E-state index contributed by atoms with van der Waals surface area (Å²) < 4.78 is 43.0. The Balaban J connectivity index is 1.53. The lowest BCUT2D eigenvalue weighted by Crippen LogP contribution is -2.13. The van der Waals surface area contributed by atoms with Gasteiger partial charge in [-0.25, -0.2) is 0 Å². The molecule has 0 radical (unpaired) electrons. The van der Waals surface area contributed by atoms with Crippen molar-refractivity contribution < 1.29 is 22.7 Å². The Morgan fingerprint density at radius 3 is 2.21 bits per heavy atom. The Kier molecular flexibility index (Phi) is 4.46. The fraction of sp³-hybridized carbons (Fsp3) is 0.278. The first-order valence-corrected chi connectivity index (χ1v) is 7.62. The summed E-state index contributed by atoms with van der Waals surface area (Å²) in [7, 11) is 0. The molecule has 1 aliphatic carbocycles. The highest BCUT2D eigenvalue weighted by molar-refractivity contribution is 5.94. The van der Waals surface area contributed by atoms with Crippen LogP contribution in [-0.4, -0.2) is 5.91 Å².